The minimum absolute atomic E-state index is 0.365. The van der Waals surface area contributed by atoms with E-state index >= 15 is 0 Å². The predicted molar refractivity (Wildman–Crippen MR) is 79.2 cm³/mol. The number of hydrogen-bond acceptors (Lipinski definition) is 4. The molecule has 4 nitrogen and oxygen atoms in total. The van der Waals surface area contributed by atoms with E-state index in [1.165, 1.54) is 11.1 Å². The number of rotatable bonds is 4. The molecule has 0 spiro atoms. The van der Waals surface area contributed by atoms with Gasteiger partial charge in [-0.15, -0.1) is 0 Å². The van der Waals surface area contributed by atoms with E-state index in [0.29, 0.717) is 24.5 Å². The smallest absolute Gasteiger partial charge is 0.226 e. The summed E-state index contributed by atoms with van der Waals surface area (Å²) in [7, 11) is 0. The van der Waals surface area contributed by atoms with Crippen LogP contribution in [0.4, 0.5) is 5.95 Å². The van der Waals surface area contributed by atoms with Crippen molar-refractivity contribution >= 4 is 5.95 Å². The third-order valence-electron chi connectivity index (χ3n) is 3.51. The molecular formula is C16H19N3O. The van der Waals surface area contributed by atoms with Crippen LogP contribution in [-0.4, -0.2) is 22.6 Å². The van der Waals surface area contributed by atoms with Gasteiger partial charge < -0.3 is 10.1 Å². The molecule has 1 aliphatic rings. The third kappa shape index (κ3) is 2.74. The first-order chi connectivity index (χ1) is 9.74. The molecule has 0 radical (unpaired) electrons. The first-order valence-electron chi connectivity index (χ1n) is 7.06. The summed E-state index contributed by atoms with van der Waals surface area (Å²) in [6, 6.07) is 10.8. The van der Waals surface area contributed by atoms with Gasteiger partial charge in [0.25, 0.3) is 0 Å². The van der Waals surface area contributed by atoms with Gasteiger partial charge in [0.05, 0.1) is 6.61 Å². The van der Waals surface area contributed by atoms with E-state index in [0.717, 1.165) is 18.5 Å². The first-order valence-corrected chi connectivity index (χ1v) is 7.06. The molecule has 2 aromatic rings. The molecule has 0 aliphatic heterocycles. The summed E-state index contributed by atoms with van der Waals surface area (Å²) in [4.78, 5) is 8.85. The maximum Gasteiger partial charge on any atom is 0.226 e. The second kappa shape index (κ2) is 5.49. The number of aryl methyl sites for hydroxylation is 1. The summed E-state index contributed by atoms with van der Waals surface area (Å²) in [6.07, 6.45) is 2.05. The zero-order chi connectivity index (χ0) is 13.9. The molecular weight excluding hydrogens is 250 g/mol. The molecule has 0 amide bonds. The molecule has 1 N–H and O–H groups in total. The molecule has 0 atom stereocenters. The van der Waals surface area contributed by atoms with Gasteiger partial charge in [-0.25, -0.2) is 4.98 Å². The van der Waals surface area contributed by atoms with Crippen molar-refractivity contribution in [1.29, 1.82) is 0 Å². The van der Waals surface area contributed by atoms with Crippen molar-refractivity contribution in [1.82, 2.24) is 9.97 Å². The molecule has 0 bridgehead atoms. The number of fused-ring (bicyclic) bond motifs is 1. The number of ether oxygens (including phenoxy) is 1. The highest BCUT2D eigenvalue weighted by atomic mass is 16.5. The lowest BCUT2D eigenvalue weighted by Crippen LogP contribution is -2.21. The molecule has 4 heteroatoms. The van der Waals surface area contributed by atoms with E-state index in [1.54, 1.807) is 0 Å². The second-order valence-electron chi connectivity index (χ2n) is 5.12. The average Bonchev–Trinajstić information content (AvgIpc) is 2.80. The van der Waals surface area contributed by atoms with Gasteiger partial charge in [0.2, 0.25) is 11.8 Å². The quantitative estimate of drug-likeness (QED) is 0.927. The summed E-state index contributed by atoms with van der Waals surface area (Å²) in [5, 5.41) is 3.43. The van der Waals surface area contributed by atoms with Crippen LogP contribution >= 0.6 is 0 Å². The van der Waals surface area contributed by atoms with Crippen LogP contribution in [0.25, 0.3) is 0 Å². The number of nitrogens with zero attached hydrogens (tertiary/aromatic N) is 2. The Morgan fingerprint density at radius 2 is 1.90 bits per heavy atom. The van der Waals surface area contributed by atoms with Gasteiger partial charge >= 0.3 is 0 Å². The molecule has 0 unspecified atom stereocenters. The highest BCUT2D eigenvalue weighted by molar-refractivity contribution is 5.39. The maximum absolute atomic E-state index is 5.46. The Kier molecular flexibility index (Phi) is 3.54. The van der Waals surface area contributed by atoms with Crippen molar-refractivity contribution in [2.75, 3.05) is 11.9 Å². The Balaban J connectivity index is 1.73. The zero-order valence-electron chi connectivity index (χ0n) is 11.9. The van der Waals surface area contributed by atoms with Gasteiger partial charge in [-0.2, -0.15) is 4.98 Å². The van der Waals surface area contributed by atoms with Crippen LogP contribution in [0, 0.1) is 6.92 Å². The largest absolute Gasteiger partial charge is 0.478 e. The molecule has 1 aromatic heterocycles. The fourth-order valence-electron chi connectivity index (χ4n) is 2.67. The highest BCUT2D eigenvalue weighted by Crippen LogP contribution is 2.24. The van der Waals surface area contributed by atoms with Crippen molar-refractivity contribution in [3.63, 3.8) is 0 Å². The Morgan fingerprint density at radius 3 is 2.55 bits per heavy atom. The van der Waals surface area contributed by atoms with Gasteiger partial charge in [0.1, 0.15) is 0 Å². The lowest BCUT2D eigenvalue weighted by Gasteiger charge is -2.13. The molecule has 0 fully saturated rings. The molecule has 1 aromatic carbocycles. The van der Waals surface area contributed by atoms with Crippen LogP contribution in [0.2, 0.25) is 0 Å². The van der Waals surface area contributed by atoms with E-state index < -0.39 is 0 Å². The van der Waals surface area contributed by atoms with Crippen LogP contribution in [0.3, 0.4) is 0 Å². The summed E-state index contributed by atoms with van der Waals surface area (Å²) < 4.78 is 5.46. The van der Waals surface area contributed by atoms with Crippen LogP contribution in [0.5, 0.6) is 5.88 Å². The average molecular weight is 269 g/mol. The van der Waals surface area contributed by atoms with Crippen LogP contribution in [0.15, 0.2) is 30.3 Å². The number of aromatic nitrogens is 2. The summed E-state index contributed by atoms with van der Waals surface area (Å²) in [5.74, 6) is 1.30. The summed E-state index contributed by atoms with van der Waals surface area (Å²) in [6.45, 7) is 4.53. The van der Waals surface area contributed by atoms with E-state index in [2.05, 4.69) is 39.6 Å². The lowest BCUT2D eigenvalue weighted by molar-refractivity contribution is 0.326. The number of nitrogens with one attached hydrogen (secondary N) is 1. The normalized spacial score (nSPS) is 14.1. The van der Waals surface area contributed by atoms with E-state index in [4.69, 9.17) is 4.74 Å². The summed E-state index contributed by atoms with van der Waals surface area (Å²) >= 11 is 0. The highest BCUT2D eigenvalue weighted by Gasteiger charge is 2.21. The standard InChI is InChI=1S/C16H19N3O/c1-3-20-15-8-11(2)17-16(19-15)18-14-9-12-6-4-5-7-13(12)10-14/h4-8,14H,3,9-10H2,1-2H3,(H,17,18,19). The molecule has 1 aliphatic carbocycles. The third-order valence-corrected chi connectivity index (χ3v) is 3.51. The topological polar surface area (TPSA) is 47.0 Å². The maximum atomic E-state index is 5.46. The van der Waals surface area contributed by atoms with Crippen LogP contribution < -0.4 is 10.1 Å². The number of anilines is 1. The first kappa shape index (κ1) is 12.9. The molecule has 20 heavy (non-hydrogen) atoms. The SMILES string of the molecule is CCOc1cc(C)nc(NC2Cc3ccccc3C2)n1. The van der Waals surface area contributed by atoms with Crippen molar-refractivity contribution in [3.8, 4) is 5.88 Å². The lowest BCUT2D eigenvalue weighted by atomic mass is 10.1. The van der Waals surface area contributed by atoms with Gasteiger partial charge in [0, 0.05) is 17.8 Å². The molecule has 1 heterocycles. The monoisotopic (exact) mass is 269 g/mol. The van der Waals surface area contributed by atoms with Crippen molar-refractivity contribution < 1.29 is 4.74 Å². The predicted octanol–water partition coefficient (Wildman–Crippen LogP) is 2.76. The Hall–Kier alpha value is -2.10. The Morgan fingerprint density at radius 1 is 1.20 bits per heavy atom. The van der Waals surface area contributed by atoms with Crippen molar-refractivity contribution in [2.24, 2.45) is 0 Å². The summed E-state index contributed by atoms with van der Waals surface area (Å²) in [5.41, 5.74) is 3.76. The van der Waals surface area contributed by atoms with Crippen molar-refractivity contribution in [2.45, 2.75) is 32.7 Å². The van der Waals surface area contributed by atoms with E-state index in [-0.39, 0.29) is 0 Å². The van der Waals surface area contributed by atoms with Crippen LogP contribution in [0.1, 0.15) is 23.7 Å². The van der Waals surface area contributed by atoms with E-state index in [1.807, 2.05) is 19.9 Å². The Bertz CT molecular complexity index is 587. The number of hydrogen-bond donors (Lipinski definition) is 1. The second-order valence-corrected chi connectivity index (χ2v) is 5.12. The number of benzene rings is 1. The Labute approximate surface area is 119 Å². The fourth-order valence-corrected chi connectivity index (χ4v) is 2.67. The van der Waals surface area contributed by atoms with Gasteiger partial charge in [-0.05, 0) is 37.8 Å². The molecule has 0 saturated carbocycles. The van der Waals surface area contributed by atoms with Gasteiger partial charge in [-0.1, -0.05) is 24.3 Å². The van der Waals surface area contributed by atoms with Gasteiger partial charge in [0.15, 0.2) is 0 Å². The fraction of sp³-hybridized carbons (Fsp3) is 0.375. The van der Waals surface area contributed by atoms with Gasteiger partial charge in [-0.3, -0.25) is 0 Å². The van der Waals surface area contributed by atoms with Crippen molar-refractivity contribution in [3.05, 3.63) is 47.2 Å². The molecule has 0 saturated heterocycles. The van der Waals surface area contributed by atoms with Crippen LogP contribution in [-0.2, 0) is 12.8 Å². The molecule has 104 valence electrons. The minimum Gasteiger partial charge on any atom is -0.478 e. The molecule has 3 rings (SSSR count). The van der Waals surface area contributed by atoms with E-state index in [9.17, 15) is 0 Å². The minimum atomic E-state index is 0.365. The zero-order valence-corrected chi connectivity index (χ0v) is 11.9.